The largest absolute Gasteiger partial charge is 0.352 e. The van der Waals surface area contributed by atoms with Crippen LogP contribution in [-0.2, 0) is 24.4 Å². The predicted molar refractivity (Wildman–Crippen MR) is 126 cm³/mol. The lowest BCUT2D eigenvalue weighted by molar-refractivity contribution is -0.126. The molecule has 2 aliphatic heterocycles. The highest BCUT2D eigenvalue weighted by molar-refractivity contribution is 5.78. The number of nitrogens with one attached hydrogen (secondary N) is 1. The van der Waals surface area contributed by atoms with Crippen molar-refractivity contribution in [2.24, 2.45) is 5.92 Å². The molecule has 0 unspecified atom stereocenters. The molecule has 0 aromatic heterocycles. The number of benzene rings is 2. The van der Waals surface area contributed by atoms with E-state index in [4.69, 9.17) is 0 Å². The van der Waals surface area contributed by atoms with Crippen molar-refractivity contribution in [2.75, 3.05) is 26.2 Å². The monoisotopic (exact) mass is 437 g/mol. The Morgan fingerprint density at radius 1 is 0.750 bits per heavy atom. The van der Waals surface area contributed by atoms with Crippen LogP contribution in [0.4, 0.5) is 4.39 Å². The van der Waals surface area contributed by atoms with Gasteiger partial charge in [0.15, 0.2) is 0 Å². The molecule has 2 aromatic rings. The van der Waals surface area contributed by atoms with Gasteiger partial charge in [-0.2, -0.15) is 0 Å². The second-order valence-electron chi connectivity index (χ2n) is 9.40. The van der Waals surface area contributed by atoms with E-state index >= 15 is 0 Å². The average Bonchev–Trinajstić information content (AvgIpc) is 3.09. The van der Waals surface area contributed by atoms with E-state index in [1.54, 1.807) is 0 Å². The molecule has 4 nitrogen and oxygen atoms in total. The fraction of sp³-hybridized carbons (Fsp3) is 0.519. The van der Waals surface area contributed by atoms with Crippen LogP contribution in [0.1, 0.15) is 55.2 Å². The van der Waals surface area contributed by atoms with Crippen LogP contribution < -0.4 is 5.32 Å². The lowest BCUT2D eigenvalue weighted by atomic mass is 9.95. The summed E-state index contributed by atoms with van der Waals surface area (Å²) < 4.78 is 13.1. The topological polar surface area (TPSA) is 35.6 Å². The first kappa shape index (κ1) is 22.9. The van der Waals surface area contributed by atoms with Gasteiger partial charge in [-0.05, 0) is 80.7 Å². The van der Waals surface area contributed by atoms with Crippen LogP contribution in [0.25, 0.3) is 0 Å². The van der Waals surface area contributed by atoms with Crippen molar-refractivity contribution >= 4 is 5.91 Å². The number of halogens is 1. The molecule has 172 valence electrons. The Balaban J connectivity index is 1.17. The summed E-state index contributed by atoms with van der Waals surface area (Å²) in [6.07, 6.45) is 7.11. The van der Waals surface area contributed by atoms with Crippen molar-refractivity contribution in [1.82, 2.24) is 15.1 Å². The summed E-state index contributed by atoms with van der Waals surface area (Å²) in [6.45, 7) is 6.67. The number of hydrogen-bond donors (Lipinski definition) is 1. The third-order valence-corrected chi connectivity index (χ3v) is 6.87. The van der Waals surface area contributed by atoms with Crippen LogP contribution in [0.5, 0.6) is 0 Å². The fourth-order valence-electron chi connectivity index (χ4n) is 4.85. The van der Waals surface area contributed by atoms with Crippen molar-refractivity contribution in [3.8, 4) is 0 Å². The Labute approximate surface area is 191 Å². The molecule has 2 aromatic carbocycles. The van der Waals surface area contributed by atoms with Gasteiger partial charge >= 0.3 is 0 Å². The molecule has 1 amide bonds. The van der Waals surface area contributed by atoms with Gasteiger partial charge in [0.05, 0.1) is 0 Å². The lowest BCUT2D eigenvalue weighted by Crippen LogP contribution is -2.40. The number of carbonyl (C=O) groups is 1. The van der Waals surface area contributed by atoms with E-state index in [-0.39, 0.29) is 17.6 Å². The lowest BCUT2D eigenvalue weighted by Gasteiger charge is -2.31. The molecule has 0 saturated carbocycles. The number of likely N-dealkylation sites (tertiary alicyclic amines) is 2. The Hall–Kier alpha value is -2.24. The van der Waals surface area contributed by atoms with Crippen LogP contribution in [0.3, 0.4) is 0 Å². The van der Waals surface area contributed by atoms with Gasteiger partial charge in [0.25, 0.3) is 0 Å². The molecule has 0 bridgehead atoms. The highest BCUT2D eigenvalue weighted by atomic mass is 19.1. The van der Waals surface area contributed by atoms with Crippen LogP contribution in [0, 0.1) is 11.7 Å². The molecular weight excluding hydrogens is 401 g/mol. The zero-order valence-electron chi connectivity index (χ0n) is 19.1. The fourth-order valence-corrected chi connectivity index (χ4v) is 4.85. The SMILES string of the molecule is O=C(NCc1ccc(CN2CCCCCC2)cc1)C1CCN(Cc2ccc(F)cc2)CC1. The summed E-state index contributed by atoms with van der Waals surface area (Å²) in [6, 6.07) is 15.4. The second-order valence-corrected chi connectivity index (χ2v) is 9.40. The van der Waals surface area contributed by atoms with Gasteiger partial charge in [-0.15, -0.1) is 0 Å². The molecule has 5 heteroatoms. The van der Waals surface area contributed by atoms with Crippen molar-refractivity contribution < 1.29 is 9.18 Å². The third kappa shape index (κ3) is 6.88. The number of carbonyl (C=O) groups excluding carboxylic acids is 1. The summed E-state index contributed by atoms with van der Waals surface area (Å²) in [5.41, 5.74) is 3.64. The maximum absolute atomic E-state index is 13.1. The standard InChI is InChI=1S/C27H36FN3O/c28-26-11-9-24(10-12-26)21-31-17-13-25(14-18-31)27(32)29-19-22-5-7-23(8-6-22)20-30-15-3-1-2-4-16-30/h5-12,25H,1-4,13-21H2,(H,29,32). The molecule has 2 fully saturated rings. The van der Waals surface area contributed by atoms with Crippen LogP contribution >= 0.6 is 0 Å². The number of rotatable bonds is 7. The zero-order chi connectivity index (χ0) is 22.2. The van der Waals surface area contributed by atoms with Gasteiger partial charge in [0.2, 0.25) is 5.91 Å². The Kier molecular flexibility index (Phi) is 8.30. The molecule has 0 spiro atoms. The van der Waals surface area contributed by atoms with E-state index < -0.39 is 0 Å². The molecule has 0 aliphatic carbocycles. The van der Waals surface area contributed by atoms with Gasteiger partial charge in [0, 0.05) is 25.6 Å². The number of hydrogen-bond acceptors (Lipinski definition) is 3. The first-order chi connectivity index (χ1) is 15.7. The van der Waals surface area contributed by atoms with Crippen molar-refractivity contribution in [2.45, 2.75) is 58.2 Å². The maximum atomic E-state index is 13.1. The molecule has 2 aliphatic rings. The summed E-state index contributed by atoms with van der Waals surface area (Å²) in [5.74, 6) is 0.0537. The van der Waals surface area contributed by atoms with Crippen LogP contribution in [0.2, 0.25) is 0 Å². The maximum Gasteiger partial charge on any atom is 0.223 e. The zero-order valence-corrected chi connectivity index (χ0v) is 19.1. The summed E-state index contributed by atoms with van der Waals surface area (Å²) >= 11 is 0. The van der Waals surface area contributed by atoms with Gasteiger partial charge in [-0.3, -0.25) is 14.6 Å². The van der Waals surface area contributed by atoms with Gasteiger partial charge in [-0.1, -0.05) is 49.2 Å². The molecule has 4 rings (SSSR count). The van der Waals surface area contributed by atoms with Crippen molar-refractivity contribution in [3.63, 3.8) is 0 Å². The first-order valence-corrected chi connectivity index (χ1v) is 12.2. The normalized spacial score (nSPS) is 18.9. The molecule has 2 heterocycles. The molecular formula is C27H36FN3O. The van der Waals surface area contributed by atoms with Crippen LogP contribution in [0.15, 0.2) is 48.5 Å². The van der Waals surface area contributed by atoms with E-state index in [9.17, 15) is 9.18 Å². The summed E-state index contributed by atoms with van der Waals surface area (Å²) in [4.78, 5) is 17.6. The Bertz CT molecular complexity index is 836. The third-order valence-electron chi connectivity index (χ3n) is 6.87. The van der Waals surface area contributed by atoms with Gasteiger partial charge < -0.3 is 5.32 Å². The molecule has 0 radical (unpaired) electrons. The average molecular weight is 438 g/mol. The van der Waals surface area contributed by atoms with E-state index in [0.717, 1.165) is 50.1 Å². The highest BCUT2D eigenvalue weighted by Crippen LogP contribution is 2.20. The van der Waals surface area contributed by atoms with E-state index in [1.165, 1.54) is 56.5 Å². The van der Waals surface area contributed by atoms with Crippen molar-refractivity contribution in [3.05, 3.63) is 71.0 Å². The van der Waals surface area contributed by atoms with Gasteiger partial charge in [0.1, 0.15) is 5.82 Å². The van der Waals surface area contributed by atoms with Gasteiger partial charge in [-0.25, -0.2) is 4.39 Å². The summed E-state index contributed by atoms with van der Waals surface area (Å²) in [5, 5.41) is 3.14. The van der Waals surface area contributed by atoms with E-state index in [2.05, 4.69) is 39.4 Å². The first-order valence-electron chi connectivity index (χ1n) is 12.2. The van der Waals surface area contributed by atoms with E-state index in [1.807, 2.05) is 12.1 Å². The van der Waals surface area contributed by atoms with E-state index in [0.29, 0.717) is 6.54 Å². The molecule has 0 atom stereocenters. The minimum atomic E-state index is -0.198. The highest BCUT2D eigenvalue weighted by Gasteiger charge is 2.24. The second kappa shape index (κ2) is 11.6. The molecule has 32 heavy (non-hydrogen) atoms. The number of amides is 1. The number of piperidine rings is 1. The quantitative estimate of drug-likeness (QED) is 0.680. The minimum Gasteiger partial charge on any atom is -0.352 e. The number of nitrogens with zero attached hydrogens (tertiary/aromatic N) is 2. The molecule has 2 saturated heterocycles. The predicted octanol–water partition coefficient (Wildman–Crippen LogP) is 4.73. The van der Waals surface area contributed by atoms with Crippen LogP contribution in [-0.4, -0.2) is 41.9 Å². The van der Waals surface area contributed by atoms with Crippen molar-refractivity contribution in [1.29, 1.82) is 0 Å². The Morgan fingerprint density at radius 2 is 1.25 bits per heavy atom. The minimum absolute atomic E-state index is 0.0850. The smallest absolute Gasteiger partial charge is 0.223 e. The molecule has 1 N–H and O–H groups in total. The Morgan fingerprint density at radius 3 is 1.84 bits per heavy atom. The summed E-state index contributed by atoms with van der Waals surface area (Å²) in [7, 11) is 0.